The second-order valence-corrected chi connectivity index (χ2v) is 5.69. The number of carbonyl (C=O) groups is 1. The Kier molecular flexibility index (Phi) is 6.09. The van der Waals surface area contributed by atoms with Crippen molar-refractivity contribution in [2.24, 2.45) is 0 Å². The summed E-state index contributed by atoms with van der Waals surface area (Å²) >= 11 is 12.0. The Morgan fingerprint density at radius 3 is 2.40 bits per heavy atom. The summed E-state index contributed by atoms with van der Waals surface area (Å²) in [4.78, 5) is 11.8. The Morgan fingerprint density at radius 2 is 1.90 bits per heavy atom. The third kappa shape index (κ3) is 4.00. The quantitative estimate of drug-likeness (QED) is 0.447. The zero-order valence-electron chi connectivity index (χ0n) is 12.1. The van der Waals surface area contributed by atoms with E-state index >= 15 is 0 Å². The summed E-state index contributed by atoms with van der Waals surface area (Å²) in [5.74, 6) is -0.178. The molecule has 0 N–H and O–H groups in total. The van der Waals surface area contributed by atoms with Gasteiger partial charge in [-0.25, -0.2) is 4.79 Å². The summed E-state index contributed by atoms with van der Waals surface area (Å²) in [6.07, 6.45) is 0.493. The van der Waals surface area contributed by atoms with E-state index in [9.17, 15) is 4.79 Å². The molecule has 0 fully saturated rings. The zero-order chi connectivity index (χ0) is 15.3. The highest BCUT2D eigenvalue weighted by Gasteiger charge is 2.34. The maximum absolute atomic E-state index is 11.8. The predicted molar refractivity (Wildman–Crippen MR) is 84.7 cm³/mol. The number of halogens is 2. The molecule has 2 nitrogen and oxygen atoms in total. The minimum absolute atomic E-state index is 0.142. The van der Waals surface area contributed by atoms with Gasteiger partial charge in [0.25, 0.3) is 0 Å². The van der Waals surface area contributed by atoms with Gasteiger partial charge in [0.2, 0.25) is 0 Å². The van der Waals surface area contributed by atoms with Crippen LogP contribution in [-0.2, 0) is 16.0 Å². The van der Waals surface area contributed by atoms with Crippen LogP contribution in [0, 0.1) is 13.8 Å². The van der Waals surface area contributed by atoms with E-state index in [2.05, 4.69) is 6.58 Å². The minimum Gasteiger partial charge on any atom is -0.453 e. The first-order chi connectivity index (χ1) is 9.35. The van der Waals surface area contributed by atoms with Crippen molar-refractivity contribution in [3.05, 3.63) is 47.0 Å². The number of hydrogen-bond donors (Lipinski definition) is 0. The fourth-order valence-electron chi connectivity index (χ4n) is 1.86. The van der Waals surface area contributed by atoms with E-state index in [1.54, 1.807) is 6.92 Å². The Hall–Kier alpha value is -0.990. The third-order valence-electron chi connectivity index (χ3n) is 3.37. The van der Waals surface area contributed by atoms with Crippen molar-refractivity contribution in [2.45, 2.75) is 32.8 Å². The molecule has 20 heavy (non-hydrogen) atoms. The highest BCUT2D eigenvalue weighted by atomic mass is 35.5. The summed E-state index contributed by atoms with van der Waals surface area (Å²) in [7, 11) is 0. The number of ether oxygens (including phenoxy) is 1. The maximum atomic E-state index is 11.8. The first-order valence-corrected chi connectivity index (χ1v) is 7.48. The molecule has 110 valence electrons. The van der Waals surface area contributed by atoms with Gasteiger partial charge in [-0.1, -0.05) is 24.8 Å². The van der Waals surface area contributed by atoms with Gasteiger partial charge in [-0.05, 0) is 37.5 Å². The van der Waals surface area contributed by atoms with Gasteiger partial charge >= 0.3 is 5.97 Å². The van der Waals surface area contributed by atoms with Crippen LogP contribution in [-0.4, -0.2) is 23.3 Å². The fourth-order valence-corrected chi connectivity index (χ4v) is 2.44. The molecule has 0 amide bonds. The largest absolute Gasteiger partial charge is 0.453 e. The van der Waals surface area contributed by atoms with Crippen molar-refractivity contribution < 1.29 is 9.53 Å². The average Bonchev–Trinajstić information content (AvgIpc) is 2.42. The normalized spacial score (nSPS) is 11.2. The number of rotatable bonds is 6. The highest BCUT2D eigenvalue weighted by molar-refractivity contribution is 6.22. The van der Waals surface area contributed by atoms with Crippen molar-refractivity contribution in [3.8, 4) is 0 Å². The van der Waals surface area contributed by atoms with E-state index in [1.165, 1.54) is 11.1 Å². The summed E-state index contributed by atoms with van der Waals surface area (Å²) in [6, 6.07) is 6.03. The Labute approximate surface area is 130 Å². The van der Waals surface area contributed by atoms with Crippen molar-refractivity contribution in [2.75, 3.05) is 11.8 Å². The number of carbonyl (C=O) groups excluding carboxylic acids is 1. The summed E-state index contributed by atoms with van der Waals surface area (Å²) < 4.78 is 5.49. The van der Waals surface area contributed by atoms with Crippen LogP contribution in [0.3, 0.4) is 0 Å². The molecule has 0 aromatic heterocycles. The van der Waals surface area contributed by atoms with Crippen LogP contribution in [0.4, 0.5) is 0 Å². The van der Waals surface area contributed by atoms with Crippen LogP contribution in [0.5, 0.6) is 0 Å². The molecule has 0 unspecified atom stereocenters. The minimum atomic E-state index is -0.905. The molecule has 0 atom stereocenters. The maximum Gasteiger partial charge on any atom is 0.333 e. The van der Waals surface area contributed by atoms with Crippen LogP contribution >= 0.6 is 23.2 Å². The number of hydrogen-bond acceptors (Lipinski definition) is 2. The van der Waals surface area contributed by atoms with Crippen LogP contribution in [0.15, 0.2) is 30.4 Å². The Morgan fingerprint density at radius 1 is 1.30 bits per heavy atom. The van der Waals surface area contributed by atoms with Crippen LogP contribution < -0.4 is 0 Å². The highest BCUT2D eigenvalue weighted by Crippen LogP contribution is 2.26. The van der Waals surface area contributed by atoms with Crippen molar-refractivity contribution in [1.29, 1.82) is 0 Å². The van der Waals surface area contributed by atoms with Gasteiger partial charge in [-0.15, -0.1) is 23.2 Å². The van der Waals surface area contributed by atoms with Gasteiger partial charge in [0, 0.05) is 12.0 Å². The van der Waals surface area contributed by atoms with Gasteiger partial charge in [0.1, 0.15) is 5.60 Å². The SMILES string of the molecule is C=C(C)C(=O)OC(CCl)(CCl)Cc1cccc(C)c1C. The topological polar surface area (TPSA) is 26.3 Å². The molecule has 0 saturated heterocycles. The summed E-state index contributed by atoms with van der Waals surface area (Å²) in [5, 5.41) is 0. The van der Waals surface area contributed by atoms with E-state index in [4.69, 9.17) is 27.9 Å². The van der Waals surface area contributed by atoms with Crippen LogP contribution in [0.2, 0.25) is 0 Å². The van der Waals surface area contributed by atoms with E-state index in [-0.39, 0.29) is 11.8 Å². The van der Waals surface area contributed by atoms with Crippen molar-refractivity contribution in [1.82, 2.24) is 0 Å². The molecule has 0 radical (unpaired) electrons. The average molecular weight is 315 g/mol. The number of benzene rings is 1. The smallest absolute Gasteiger partial charge is 0.333 e. The predicted octanol–water partition coefficient (Wildman–Crippen LogP) is 4.18. The standard InChI is InChI=1S/C16H20Cl2O2/c1-11(2)15(19)20-16(9-17,10-18)8-14-7-5-6-12(3)13(14)4/h5-7H,1,8-10H2,2-4H3. The van der Waals surface area contributed by atoms with Gasteiger partial charge in [0.05, 0.1) is 11.8 Å². The van der Waals surface area contributed by atoms with E-state index in [0.29, 0.717) is 12.0 Å². The number of alkyl halides is 2. The molecule has 0 saturated carbocycles. The number of aryl methyl sites for hydroxylation is 1. The Bertz CT molecular complexity index is 505. The van der Waals surface area contributed by atoms with Crippen molar-refractivity contribution >= 4 is 29.2 Å². The van der Waals surface area contributed by atoms with Gasteiger partial charge in [-0.3, -0.25) is 0 Å². The molecule has 0 aliphatic heterocycles. The molecule has 0 spiro atoms. The molecule has 0 aliphatic carbocycles. The molecule has 1 aromatic rings. The van der Waals surface area contributed by atoms with Gasteiger partial charge in [-0.2, -0.15) is 0 Å². The summed E-state index contributed by atoms with van der Waals surface area (Å²) in [5.41, 5.74) is 2.87. The molecule has 4 heteroatoms. The van der Waals surface area contributed by atoms with Gasteiger partial charge in [0.15, 0.2) is 0 Å². The Balaban J connectivity index is 3.05. The van der Waals surface area contributed by atoms with Crippen LogP contribution in [0.1, 0.15) is 23.6 Å². The molecule has 1 rings (SSSR count). The lowest BCUT2D eigenvalue weighted by molar-refractivity contribution is -0.150. The first-order valence-electron chi connectivity index (χ1n) is 6.41. The monoisotopic (exact) mass is 314 g/mol. The lowest BCUT2D eigenvalue weighted by Gasteiger charge is -2.30. The van der Waals surface area contributed by atoms with E-state index in [1.807, 2.05) is 32.0 Å². The zero-order valence-corrected chi connectivity index (χ0v) is 13.6. The molecule has 0 aliphatic rings. The second kappa shape index (κ2) is 7.14. The van der Waals surface area contributed by atoms with Crippen molar-refractivity contribution in [3.63, 3.8) is 0 Å². The lowest BCUT2D eigenvalue weighted by Crippen LogP contribution is -2.42. The molecule has 1 aromatic carbocycles. The lowest BCUT2D eigenvalue weighted by atomic mass is 9.92. The third-order valence-corrected chi connectivity index (χ3v) is 4.35. The van der Waals surface area contributed by atoms with Gasteiger partial charge < -0.3 is 4.74 Å². The van der Waals surface area contributed by atoms with E-state index < -0.39 is 11.6 Å². The summed E-state index contributed by atoms with van der Waals surface area (Å²) in [6.45, 7) is 9.27. The molecule has 0 heterocycles. The first kappa shape index (κ1) is 17.1. The molecular weight excluding hydrogens is 295 g/mol. The second-order valence-electron chi connectivity index (χ2n) is 5.16. The number of esters is 1. The molecular formula is C16H20Cl2O2. The van der Waals surface area contributed by atoms with Crippen LogP contribution in [0.25, 0.3) is 0 Å². The molecule has 0 bridgehead atoms. The fraction of sp³-hybridized carbons (Fsp3) is 0.438. The van der Waals surface area contributed by atoms with E-state index in [0.717, 1.165) is 5.56 Å².